The molecular formula is C19H27N3O2. The first-order valence-corrected chi connectivity index (χ1v) is 8.31. The molecule has 2 rings (SSSR count). The molecule has 0 spiro atoms. The fourth-order valence-electron chi connectivity index (χ4n) is 2.78. The van der Waals surface area contributed by atoms with E-state index in [9.17, 15) is 4.79 Å². The molecule has 5 nitrogen and oxygen atoms in total. The quantitative estimate of drug-likeness (QED) is 0.846. The number of methoxy groups -OCH3 is 1. The maximum atomic E-state index is 12.4. The predicted molar refractivity (Wildman–Crippen MR) is 96.0 cm³/mol. The minimum Gasteiger partial charge on any atom is -0.380 e. The van der Waals surface area contributed by atoms with Crippen molar-refractivity contribution in [3.05, 3.63) is 46.8 Å². The van der Waals surface area contributed by atoms with Crippen LogP contribution < -0.4 is 5.32 Å². The molecule has 0 bridgehead atoms. The molecule has 2 aromatic rings. The summed E-state index contributed by atoms with van der Waals surface area (Å²) in [5.74, 6) is 0.494. The summed E-state index contributed by atoms with van der Waals surface area (Å²) in [7, 11) is 1.66. The first-order chi connectivity index (χ1) is 11.4. The summed E-state index contributed by atoms with van der Waals surface area (Å²) < 4.78 is 7.13. The lowest BCUT2D eigenvalue weighted by atomic mass is 10.1. The van der Waals surface area contributed by atoms with Gasteiger partial charge in [-0.2, -0.15) is 5.10 Å². The Morgan fingerprint density at radius 1 is 1.33 bits per heavy atom. The number of rotatable bonds is 7. The molecule has 0 unspecified atom stereocenters. The topological polar surface area (TPSA) is 56.1 Å². The van der Waals surface area contributed by atoms with Gasteiger partial charge in [-0.1, -0.05) is 26.0 Å². The molecule has 0 saturated carbocycles. The standard InChI is InChI=1S/C19H27N3O2/c1-13(2)11-22-15(4)18(14(3)21-22)10-19(23)20-17-8-6-7-16(9-17)12-24-5/h6-9,13H,10-12H2,1-5H3,(H,20,23). The summed E-state index contributed by atoms with van der Waals surface area (Å²) in [6.45, 7) is 9.72. The van der Waals surface area contributed by atoms with Crippen LogP contribution >= 0.6 is 0 Å². The van der Waals surface area contributed by atoms with Gasteiger partial charge in [0, 0.05) is 30.6 Å². The number of anilines is 1. The molecular weight excluding hydrogens is 302 g/mol. The summed E-state index contributed by atoms with van der Waals surface area (Å²) >= 11 is 0. The van der Waals surface area contributed by atoms with E-state index in [4.69, 9.17) is 4.74 Å². The number of ether oxygens (including phenoxy) is 1. The fourth-order valence-corrected chi connectivity index (χ4v) is 2.78. The van der Waals surface area contributed by atoms with Crippen LogP contribution in [0.1, 0.15) is 36.4 Å². The summed E-state index contributed by atoms with van der Waals surface area (Å²) in [6, 6.07) is 7.72. The fraction of sp³-hybridized carbons (Fsp3) is 0.474. The van der Waals surface area contributed by atoms with Crippen molar-refractivity contribution in [2.45, 2.75) is 47.3 Å². The van der Waals surface area contributed by atoms with Gasteiger partial charge in [-0.3, -0.25) is 9.48 Å². The highest BCUT2D eigenvalue weighted by molar-refractivity contribution is 5.92. The van der Waals surface area contributed by atoms with Gasteiger partial charge < -0.3 is 10.1 Å². The van der Waals surface area contributed by atoms with Crippen LogP contribution in [0.4, 0.5) is 5.69 Å². The Kier molecular flexibility index (Phi) is 6.15. The second kappa shape index (κ2) is 8.11. The lowest BCUT2D eigenvalue weighted by Crippen LogP contribution is -2.15. The molecule has 1 N–H and O–H groups in total. The second-order valence-electron chi connectivity index (χ2n) is 6.58. The highest BCUT2D eigenvalue weighted by atomic mass is 16.5. The van der Waals surface area contributed by atoms with Gasteiger partial charge in [0.05, 0.1) is 18.7 Å². The normalized spacial score (nSPS) is 11.1. The second-order valence-corrected chi connectivity index (χ2v) is 6.58. The Bertz CT molecular complexity index is 705. The van der Waals surface area contributed by atoms with Crippen LogP contribution in [0.25, 0.3) is 0 Å². The maximum absolute atomic E-state index is 12.4. The average Bonchev–Trinajstić information content (AvgIpc) is 2.75. The zero-order valence-electron chi connectivity index (χ0n) is 15.2. The number of aryl methyl sites for hydroxylation is 1. The third-order valence-electron chi connectivity index (χ3n) is 3.93. The third-order valence-corrected chi connectivity index (χ3v) is 3.93. The summed E-state index contributed by atoms with van der Waals surface area (Å²) in [4.78, 5) is 12.4. The first kappa shape index (κ1) is 18.2. The van der Waals surface area contributed by atoms with Gasteiger partial charge in [-0.15, -0.1) is 0 Å². The van der Waals surface area contributed by atoms with Crippen LogP contribution in [0.15, 0.2) is 24.3 Å². The number of hydrogen-bond acceptors (Lipinski definition) is 3. The van der Waals surface area contributed by atoms with E-state index in [1.807, 2.05) is 42.8 Å². The predicted octanol–water partition coefficient (Wildman–Crippen LogP) is 3.48. The first-order valence-electron chi connectivity index (χ1n) is 8.31. The summed E-state index contributed by atoms with van der Waals surface area (Å²) in [5.41, 5.74) is 4.84. The van der Waals surface area contributed by atoms with E-state index < -0.39 is 0 Å². The van der Waals surface area contributed by atoms with Crippen molar-refractivity contribution >= 4 is 11.6 Å². The van der Waals surface area contributed by atoms with Gasteiger partial charge in [0.25, 0.3) is 0 Å². The molecule has 0 saturated heterocycles. The van der Waals surface area contributed by atoms with Crippen molar-refractivity contribution in [2.24, 2.45) is 5.92 Å². The number of carbonyl (C=O) groups excluding carboxylic acids is 1. The molecule has 0 aliphatic rings. The molecule has 0 aliphatic carbocycles. The number of nitrogens with zero attached hydrogens (tertiary/aromatic N) is 2. The minimum absolute atomic E-state index is 0.0279. The Morgan fingerprint density at radius 3 is 2.75 bits per heavy atom. The third kappa shape index (κ3) is 4.68. The van der Waals surface area contributed by atoms with E-state index in [0.717, 1.165) is 34.7 Å². The smallest absolute Gasteiger partial charge is 0.228 e. The molecule has 1 aromatic heterocycles. The van der Waals surface area contributed by atoms with Gasteiger partial charge in [-0.25, -0.2) is 0 Å². The number of carbonyl (C=O) groups is 1. The minimum atomic E-state index is -0.0279. The van der Waals surface area contributed by atoms with E-state index >= 15 is 0 Å². The van der Waals surface area contributed by atoms with Crippen molar-refractivity contribution in [2.75, 3.05) is 12.4 Å². The van der Waals surface area contributed by atoms with Crippen molar-refractivity contribution in [3.63, 3.8) is 0 Å². The molecule has 5 heteroatoms. The molecule has 0 atom stereocenters. The van der Waals surface area contributed by atoms with Crippen LogP contribution in [-0.2, 0) is 29.1 Å². The average molecular weight is 329 g/mol. The van der Waals surface area contributed by atoms with E-state index in [1.165, 1.54) is 0 Å². The van der Waals surface area contributed by atoms with Crippen LogP contribution in [0, 0.1) is 19.8 Å². The van der Waals surface area contributed by atoms with Crippen LogP contribution in [0.5, 0.6) is 0 Å². The molecule has 1 aromatic carbocycles. The van der Waals surface area contributed by atoms with E-state index in [0.29, 0.717) is 18.9 Å². The van der Waals surface area contributed by atoms with Crippen molar-refractivity contribution in [1.82, 2.24) is 9.78 Å². The van der Waals surface area contributed by atoms with Crippen LogP contribution in [-0.4, -0.2) is 22.8 Å². The van der Waals surface area contributed by atoms with Gasteiger partial charge in [0.15, 0.2) is 0 Å². The number of benzene rings is 1. The number of aromatic nitrogens is 2. The molecule has 0 radical (unpaired) electrons. The van der Waals surface area contributed by atoms with Crippen molar-refractivity contribution in [1.29, 1.82) is 0 Å². The SMILES string of the molecule is COCc1cccc(NC(=O)Cc2c(C)nn(CC(C)C)c2C)c1. The Balaban J connectivity index is 2.07. The largest absolute Gasteiger partial charge is 0.380 e. The lowest BCUT2D eigenvalue weighted by molar-refractivity contribution is -0.115. The monoisotopic (exact) mass is 329 g/mol. The number of hydrogen-bond donors (Lipinski definition) is 1. The van der Waals surface area contributed by atoms with Gasteiger partial charge in [0.1, 0.15) is 0 Å². The van der Waals surface area contributed by atoms with E-state index in [1.54, 1.807) is 7.11 Å². The van der Waals surface area contributed by atoms with E-state index in [2.05, 4.69) is 24.3 Å². The molecule has 24 heavy (non-hydrogen) atoms. The molecule has 1 amide bonds. The molecule has 0 fully saturated rings. The van der Waals surface area contributed by atoms with Crippen molar-refractivity contribution in [3.8, 4) is 0 Å². The Labute approximate surface area is 144 Å². The van der Waals surface area contributed by atoms with Gasteiger partial charge >= 0.3 is 0 Å². The molecule has 0 aliphatic heterocycles. The Morgan fingerprint density at radius 2 is 2.08 bits per heavy atom. The lowest BCUT2D eigenvalue weighted by Gasteiger charge is -2.09. The highest BCUT2D eigenvalue weighted by Crippen LogP contribution is 2.17. The van der Waals surface area contributed by atoms with Crippen molar-refractivity contribution < 1.29 is 9.53 Å². The zero-order chi connectivity index (χ0) is 17.7. The zero-order valence-corrected chi connectivity index (χ0v) is 15.2. The van der Waals surface area contributed by atoms with Gasteiger partial charge in [0.2, 0.25) is 5.91 Å². The van der Waals surface area contributed by atoms with E-state index in [-0.39, 0.29) is 5.91 Å². The van der Waals surface area contributed by atoms with Gasteiger partial charge in [-0.05, 0) is 37.5 Å². The number of nitrogens with one attached hydrogen (secondary N) is 1. The molecule has 1 heterocycles. The maximum Gasteiger partial charge on any atom is 0.228 e. The summed E-state index contributed by atoms with van der Waals surface area (Å²) in [5, 5.41) is 7.53. The molecule has 130 valence electrons. The highest BCUT2D eigenvalue weighted by Gasteiger charge is 2.15. The van der Waals surface area contributed by atoms with Crippen LogP contribution in [0.3, 0.4) is 0 Å². The Hall–Kier alpha value is -2.14. The summed E-state index contributed by atoms with van der Waals surface area (Å²) in [6.07, 6.45) is 0.338. The van der Waals surface area contributed by atoms with Crippen LogP contribution in [0.2, 0.25) is 0 Å². The number of amides is 1.